The van der Waals surface area contributed by atoms with Crippen LogP contribution in [0.4, 0.5) is 4.39 Å². The van der Waals surface area contributed by atoms with Crippen molar-refractivity contribution >= 4 is 5.91 Å². The monoisotopic (exact) mass is 293 g/mol. The van der Waals surface area contributed by atoms with Gasteiger partial charge in [0.05, 0.1) is 6.54 Å². The molecule has 0 spiro atoms. The molecule has 1 aliphatic rings. The van der Waals surface area contributed by atoms with E-state index >= 15 is 0 Å². The Morgan fingerprint density at radius 2 is 2.14 bits per heavy atom. The van der Waals surface area contributed by atoms with Gasteiger partial charge in [0.1, 0.15) is 5.82 Å². The third-order valence-corrected chi connectivity index (χ3v) is 4.17. The Morgan fingerprint density at radius 3 is 2.81 bits per heavy atom. The average Bonchev–Trinajstić information content (AvgIpc) is 2.48. The van der Waals surface area contributed by atoms with Gasteiger partial charge in [0.25, 0.3) is 0 Å². The fraction of sp³-hybridized carbons (Fsp3) is 0.562. The molecule has 4 nitrogen and oxygen atoms in total. The highest BCUT2D eigenvalue weighted by Crippen LogP contribution is 2.18. The van der Waals surface area contributed by atoms with Crippen LogP contribution in [0.25, 0.3) is 0 Å². The van der Waals surface area contributed by atoms with Crippen LogP contribution in [0.2, 0.25) is 0 Å². The maximum absolute atomic E-state index is 12.8. The minimum atomic E-state index is -0.264. The van der Waals surface area contributed by atoms with E-state index in [-0.39, 0.29) is 17.8 Å². The molecule has 1 aromatic carbocycles. The SMILES string of the molecule is CCC1CN(CC(=O)NCc2ccc(F)cc2)CCC1N. The number of amides is 1. The molecule has 1 heterocycles. The van der Waals surface area contributed by atoms with E-state index in [4.69, 9.17) is 5.73 Å². The van der Waals surface area contributed by atoms with Crippen LogP contribution in [-0.2, 0) is 11.3 Å². The second-order valence-electron chi connectivity index (χ2n) is 5.76. The standard InChI is InChI=1S/C16H24FN3O/c1-2-13-10-20(8-7-15(13)18)11-16(21)19-9-12-3-5-14(17)6-4-12/h3-6,13,15H,2,7-11,18H2,1H3,(H,19,21). The summed E-state index contributed by atoms with van der Waals surface area (Å²) in [5.74, 6) is 0.216. The van der Waals surface area contributed by atoms with Gasteiger partial charge >= 0.3 is 0 Å². The van der Waals surface area contributed by atoms with Crippen LogP contribution >= 0.6 is 0 Å². The van der Waals surface area contributed by atoms with Crippen molar-refractivity contribution in [3.05, 3.63) is 35.6 Å². The summed E-state index contributed by atoms with van der Waals surface area (Å²) in [5, 5.41) is 2.88. The summed E-state index contributed by atoms with van der Waals surface area (Å²) in [6.07, 6.45) is 2.00. The minimum absolute atomic E-state index is 0.00431. The molecule has 21 heavy (non-hydrogen) atoms. The number of nitrogens with two attached hydrogens (primary N) is 1. The maximum atomic E-state index is 12.8. The van der Waals surface area contributed by atoms with E-state index < -0.39 is 0 Å². The lowest BCUT2D eigenvalue weighted by atomic mass is 9.91. The van der Waals surface area contributed by atoms with Crippen molar-refractivity contribution in [2.45, 2.75) is 32.4 Å². The Kier molecular flexibility index (Phi) is 5.70. The van der Waals surface area contributed by atoms with E-state index in [1.807, 2.05) is 0 Å². The number of carbonyl (C=O) groups excluding carboxylic acids is 1. The Balaban J connectivity index is 1.75. The van der Waals surface area contributed by atoms with Crippen LogP contribution in [0.15, 0.2) is 24.3 Å². The zero-order valence-corrected chi connectivity index (χ0v) is 12.5. The second kappa shape index (κ2) is 7.52. The first kappa shape index (κ1) is 15.9. The molecule has 2 rings (SSSR count). The number of hydrogen-bond donors (Lipinski definition) is 2. The summed E-state index contributed by atoms with van der Waals surface area (Å²) in [6.45, 7) is 4.75. The van der Waals surface area contributed by atoms with Crippen LogP contribution < -0.4 is 11.1 Å². The van der Waals surface area contributed by atoms with E-state index in [2.05, 4.69) is 17.1 Å². The predicted octanol–water partition coefficient (Wildman–Crippen LogP) is 1.50. The van der Waals surface area contributed by atoms with E-state index in [9.17, 15) is 9.18 Å². The van der Waals surface area contributed by atoms with Crippen molar-refractivity contribution in [3.63, 3.8) is 0 Å². The molecule has 2 unspecified atom stereocenters. The third-order valence-electron chi connectivity index (χ3n) is 4.17. The zero-order chi connectivity index (χ0) is 15.2. The molecule has 1 fully saturated rings. The van der Waals surface area contributed by atoms with Crippen molar-refractivity contribution in [3.8, 4) is 0 Å². The quantitative estimate of drug-likeness (QED) is 0.865. The molecule has 1 saturated heterocycles. The maximum Gasteiger partial charge on any atom is 0.234 e. The number of rotatable bonds is 5. The summed E-state index contributed by atoms with van der Waals surface area (Å²) in [5.41, 5.74) is 6.97. The lowest BCUT2D eigenvalue weighted by Gasteiger charge is -2.36. The van der Waals surface area contributed by atoms with Crippen molar-refractivity contribution in [2.75, 3.05) is 19.6 Å². The first-order chi connectivity index (χ1) is 10.1. The van der Waals surface area contributed by atoms with Gasteiger partial charge in [0.15, 0.2) is 0 Å². The van der Waals surface area contributed by atoms with Crippen LogP contribution in [0.3, 0.4) is 0 Å². The molecule has 1 aromatic rings. The minimum Gasteiger partial charge on any atom is -0.351 e. The van der Waals surface area contributed by atoms with Gasteiger partial charge in [-0.2, -0.15) is 0 Å². The molecule has 3 N–H and O–H groups in total. The third kappa shape index (κ3) is 4.79. The summed E-state index contributed by atoms with van der Waals surface area (Å²) < 4.78 is 12.8. The van der Waals surface area contributed by atoms with E-state index in [1.165, 1.54) is 12.1 Å². The van der Waals surface area contributed by atoms with Gasteiger partial charge in [0.2, 0.25) is 5.91 Å². The van der Waals surface area contributed by atoms with E-state index in [0.717, 1.165) is 31.5 Å². The smallest absolute Gasteiger partial charge is 0.234 e. The van der Waals surface area contributed by atoms with E-state index in [0.29, 0.717) is 19.0 Å². The van der Waals surface area contributed by atoms with Crippen LogP contribution in [0.5, 0.6) is 0 Å². The molecule has 0 saturated carbocycles. The number of piperidine rings is 1. The molecule has 2 atom stereocenters. The molecule has 1 aliphatic heterocycles. The number of benzene rings is 1. The fourth-order valence-electron chi connectivity index (χ4n) is 2.76. The highest BCUT2D eigenvalue weighted by molar-refractivity contribution is 5.78. The molecule has 1 amide bonds. The molecule has 0 aromatic heterocycles. The van der Waals surface area contributed by atoms with Gasteiger partial charge in [-0.05, 0) is 30.0 Å². The topological polar surface area (TPSA) is 58.4 Å². The summed E-state index contributed by atoms with van der Waals surface area (Å²) in [7, 11) is 0. The van der Waals surface area contributed by atoms with Gasteiger partial charge in [-0.1, -0.05) is 25.5 Å². The summed E-state index contributed by atoms with van der Waals surface area (Å²) in [6, 6.07) is 6.43. The van der Waals surface area contributed by atoms with E-state index in [1.54, 1.807) is 12.1 Å². The highest BCUT2D eigenvalue weighted by Gasteiger charge is 2.26. The molecule has 0 radical (unpaired) electrons. The largest absolute Gasteiger partial charge is 0.351 e. The lowest BCUT2D eigenvalue weighted by Crippen LogP contribution is -2.49. The average molecular weight is 293 g/mol. The fourth-order valence-corrected chi connectivity index (χ4v) is 2.76. The van der Waals surface area contributed by atoms with Gasteiger partial charge in [0, 0.05) is 25.7 Å². The van der Waals surface area contributed by atoms with Crippen molar-refractivity contribution < 1.29 is 9.18 Å². The molecule has 0 bridgehead atoms. The number of nitrogens with one attached hydrogen (secondary N) is 1. The second-order valence-corrected chi connectivity index (χ2v) is 5.76. The molecule has 0 aliphatic carbocycles. The molecule has 116 valence electrons. The van der Waals surface area contributed by atoms with Gasteiger partial charge < -0.3 is 11.1 Å². The summed E-state index contributed by atoms with van der Waals surface area (Å²) >= 11 is 0. The van der Waals surface area contributed by atoms with Crippen molar-refractivity contribution in [1.29, 1.82) is 0 Å². The Morgan fingerprint density at radius 1 is 1.43 bits per heavy atom. The lowest BCUT2D eigenvalue weighted by molar-refractivity contribution is -0.122. The first-order valence-corrected chi connectivity index (χ1v) is 7.57. The number of halogens is 1. The Bertz CT molecular complexity index is 463. The number of carbonyl (C=O) groups is 1. The zero-order valence-electron chi connectivity index (χ0n) is 12.5. The predicted molar refractivity (Wildman–Crippen MR) is 81.1 cm³/mol. The van der Waals surface area contributed by atoms with Crippen LogP contribution in [-0.4, -0.2) is 36.5 Å². The Labute approximate surface area is 125 Å². The van der Waals surface area contributed by atoms with Gasteiger partial charge in [-0.15, -0.1) is 0 Å². The Hall–Kier alpha value is -1.46. The normalized spacial score (nSPS) is 23.0. The van der Waals surface area contributed by atoms with Gasteiger partial charge in [-0.3, -0.25) is 9.69 Å². The van der Waals surface area contributed by atoms with Crippen molar-refractivity contribution in [2.24, 2.45) is 11.7 Å². The van der Waals surface area contributed by atoms with Crippen LogP contribution in [0.1, 0.15) is 25.3 Å². The molecular formula is C16H24FN3O. The number of likely N-dealkylation sites (tertiary alicyclic amines) is 1. The van der Waals surface area contributed by atoms with Gasteiger partial charge in [-0.25, -0.2) is 4.39 Å². The highest BCUT2D eigenvalue weighted by atomic mass is 19.1. The molecule has 5 heteroatoms. The molecular weight excluding hydrogens is 269 g/mol. The number of hydrogen-bond acceptors (Lipinski definition) is 3. The van der Waals surface area contributed by atoms with Crippen LogP contribution in [0, 0.1) is 11.7 Å². The summed E-state index contributed by atoms with van der Waals surface area (Å²) in [4.78, 5) is 14.1. The number of nitrogens with zero attached hydrogens (tertiary/aromatic N) is 1. The first-order valence-electron chi connectivity index (χ1n) is 7.57. The van der Waals surface area contributed by atoms with Crippen molar-refractivity contribution in [1.82, 2.24) is 10.2 Å².